The predicted molar refractivity (Wildman–Crippen MR) is 113 cm³/mol. The molecule has 1 amide bonds. The maximum atomic E-state index is 12.7. The van der Waals surface area contributed by atoms with Crippen molar-refractivity contribution in [2.75, 3.05) is 45.8 Å². The van der Waals surface area contributed by atoms with Gasteiger partial charge in [-0.2, -0.15) is 4.98 Å². The molecule has 2 aromatic rings. The van der Waals surface area contributed by atoms with Gasteiger partial charge in [-0.15, -0.1) is 0 Å². The molecule has 1 aromatic heterocycles. The number of hydrogen-bond acceptors (Lipinski definition) is 7. The van der Waals surface area contributed by atoms with E-state index in [1.54, 1.807) is 0 Å². The van der Waals surface area contributed by atoms with E-state index >= 15 is 0 Å². The van der Waals surface area contributed by atoms with Crippen molar-refractivity contribution < 1.29 is 14.1 Å². The third-order valence-electron chi connectivity index (χ3n) is 5.73. The van der Waals surface area contributed by atoms with E-state index in [-0.39, 0.29) is 18.1 Å². The Labute approximate surface area is 177 Å². The highest BCUT2D eigenvalue weighted by molar-refractivity contribution is 5.78. The molecule has 2 saturated heterocycles. The fourth-order valence-electron chi connectivity index (χ4n) is 4.11. The van der Waals surface area contributed by atoms with Crippen LogP contribution in [0.4, 0.5) is 0 Å². The number of aryl methyl sites for hydroxylation is 1. The number of carbonyl (C=O) groups excluding carboxylic acids is 1. The molecule has 3 heterocycles. The zero-order valence-corrected chi connectivity index (χ0v) is 18.1. The minimum Gasteiger partial charge on any atom is -0.372 e. The number of ether oxygens (including phenoxy) is 1. The van der Waals surface area contributed by atoms with Crippen molar-refractivity contribution in [1.29, 1.82) is 0 Å². The average molecular weight is 414 g/mol. The third kappa shape index (κ3) is 5.24. The van der Waals surface area contributed by atoms with Crippen molar-refractivity contribution in [2.45, 2.75) is 39.5 Å². The summed E-state index contributed by atoms with van der Waals surface area (Å²) in [6.45, 7) is 12.1. The molecule has 1 aromatic carbocycles. The molecule has 2 fully saturated rings. The van der Waals surface area contributed by atoms with Crippen molar-refractivity contribution in [1.82, 2.24) is 24.8 Å². The summed E-state index contributed by atoms with van der Waals surface area (Å²) in [5.74, 6) is 1.46. The van der Waals surface area contributed by atoms with E-state index in [1.165, 1.54) is 5.56 Å². The van der Waals surface area contributed by atoms with Crippen LogP contribution in [0.15, 0.2) is 28.8 Å². The molecule has 2 atom stereocenters. The Morgan fingerprint density at radius 3 is 2.33 bits per heavy atom. The first-order valence-corrected chi connectivity index (χ1v) is 10.7. The summed E-state index contributed by atoms with van der Waals surface area (Å²) >= 11 is 0. The molecule has 4 rings (SSSR count). The molecule has 0 spiro atoms. The topological polar surface area (TPSA) is 74.9 Å². The van der Waals surface area contributed by atoms with E-state index in [0.717, 1.165) is 31.7 Å². The fourth-order valence-corrected chi connectivity index (χ4v) is 4.11. The second-order valence-electron chi connectivity index (χ2n) is 8.49. The van der Waals surface area contributed by atoms with Gasteiger partial charge in [0.05, 0.1) is 25.3 Å². The Morgan fingerprint density at radius 2 is 1.67 bits per heavy atom. The maximum Gasteiger partial charge on any atom is 0.241 e. The van der Waals surface area contributed by atoms with Crippen LogP contribution in [0.1, 0.15) is 25.3 Å². The van der Waals surface area contributed by atoms with Gasteiger partial charge >= 0.3 is 0 Å². The van der Waals surface area contributed by atoms with E-state index in [2.05, 4.69) is 26.9 Å². The minimum atomic E-state index is 0.105. The van der Waals surface area contributed by atoms with Crippen molar-refractivity contribution in [2.24, 2.45) is 0 Å². The van der Waals surface area contributed by atoms with Crippen LogP contribution in [0.2, 0.25) is 0 Å². The highest BCUT2D eigenvalue weighted by atomic mass is 16.5. The van der Waals surface area contributed by atoms with Gasteiger partial charge in [0, 0.05) is 44.8 Å². The lowest BCUT2D eigenvalue weighted by Crippen LogP contribution is -2.53. The largest absolute Gasteiger partial charge is 0.372 e. The van der Waals surface area contributed by atoms with Crippen molar-refractivity contribution >= 4 is 5.91 Å². The Bertz CT molecular complexity index is 835. The Morgan fingerprint density at radius 1 is 1.03 bits per heavy atom. The lowest BCUT2D eigenvalue weighted by atomic mass is 10.1. The lowest BCUT2D eigenvalue weighted by molar-refractivity contribution is -0.144. The van der Waals surface area contributed by atoms with Crippen molar-refractivity contribution in [3.63, 3.8) is 0 Å². The molecule has 2 aliphatic rings. The Balaban J connectivity index is 1.24. The average Bonchev–Trinajstić information content (AvgIpc) is 3.18. The fraction of sp³-hybridized carbons (Fsp3) is 0.591. The van der Waals surface area contributed by atoms with Gasteiger partial charge in [0.25, 0.3) is 0 Å². The monoisotopic (exact) mass is 413 g/mol. The second-order valence-corrected chi connectivity index (χ2v) is 8.49. The summed E-state index contributed by atoms with van der Waals surface area (Å²) in [7, 11) is 0. The van der Waals surface area contributed by atoms with Crippen LogP contribution in [0, 0.1) is 6.92 Å². The van der Waals surface area contributed by atoms with Gasteiger partial charge in [-0.1, -0.05) is 35.0 Å². The van der Waals surface area contributed by atoms with Crippen LogP contribution in [0.5, 0.6) is 0 Å². The number of aromatic nitrogens is 2. The Hall–Kier alpha value is -2.29. The summed E-state index contributed by atoms with van der Waals surface area (Å²) in [6.07, 6.45) is 0.211. The molecule has 0 aliphatic carbocycles. The number of piperazine rings is 1. The first kappa shape index (κ1) is 21.0. The van der Waals surface area contributed by atoms with Crippen LogP contribution < -0.4 is 0 Å². The van der Waals surface area contributed by atoms with Crippen LogP contribution in [-0.2, 0) is 16.1 Å². The summed E-state index contributed by atoms with van der Waals surface area (Å²) in [4.78, 5) is 23.7. The van der Waals surface area contributed by atoms with E-state index in [1.807, 2.05) is 43.0 Å². The van der Waals surface area contributed by atoms with E-state index < -0.39 is 0 Å². The van der Waals surface area contributed by atoms with Gasteiger partial charge in [-0.3, -0.25) is 14.6 Å². The summed E-state index contributed by atoms with van der Waals surface area (Å²) in [6, 6.07) is 8.11. The molecular weight excluding hydrogens is 382 g/mol. The highest BCUT2D eigenvalue weighted by Crippen LogP contribution is 2.17. The Kier molecular flexibility index (Phi) is 6.46. The maximum absolute atomic E-state index is 12.7. The number of morpholine rings is 1. The molecule has 0 bridgehead atoms. The van der Waals surface area contributed by atoms with Gasteiger partial charge in [0.2, 0.25) is 17.6 Å². The predicted octanol–water partition coefficient (Wildman–Crippen LogP) is 1.80. The minimum absolute atomic E-state index is 0.105. The quantitative estimate of drug-likeness (QED) is 0.740. The van der Waals surface area contributed by atoms with Crippen LogP contribution in [0.25, 0.3) is 11.4 Å². The van der Waals surface area contributed by atoms with Gasteiger partial charge in [-0.05, 0) is 20.8 Å². The van der Waals surface area contributed by atoms with Crippen LogP contribution in [-0.4, -0.2) is 88.8 Å². The van der Waals surface area contributed by atoms with E-state index in [9.17, 15) is 4.79 Å². The number of rotatable bonds is 5. The molecule has 30 heavy (non-hydrogen) atoms. The van der Waals surface area contributed by atoms with Crippen molar-refractivity contribution in [3.05, 3.63) is 35.7 Å². The summed E-state index contributed by atoms with van der Waals surface area (Å²) in [5.41, 5.74) is 2.17. The molecular formula is C22H31N5O3. The van der Waals surface area contributed by atoms with Gasteiger partial charge in [0.15, 0.2) is 0 Å². The number of nitrogens with zero attached hydrogens (tertiary/aromatic N) is 5. The SMILES string of the molecule is Cc1ccc(-c2noc(CN3CCN(CC(=O)N4CC(C)OC(C)C4)CC3)n2)cc1. The van der Waals surface area contributed by atoms with Gasteiger partial charge < -0.3 is 14.2 Å². The molecule has 8 heteroatoms. The summed E-state index contributed by atoms with van der Waals surface area (Å²) < 4.78 is 11.2. The first-order valence-electron chi connectivity index (χ1n) is 10.7. The van der Waals surface area contributed by atoms with E-state index in [0.29, 0.717) is 37.9 Å². The molecule has 162 valence electrons. The highest BCUT2D eigenvalue weighted by Gasteiger charge is 2.28. The number of carbonyl (C=O) groups is 1. The molecule has 2 unspecified atom stereocenters. The van der Waals surface area contributed by atoms with Crippen LogP contribution in [0.3, 0.4) is 0 Å². The molecule has 8 nitrogen and oxygen atoms in total. The van der Waals surface area contributed by atoms with Crippen LogP contribution >= 0.6 is 0 Å². The molecule has 0 N–H and O–H groups in total. The third-order valence-corrected chi connectivity index (χ3v) is 5.73. The number of hydrogen-bond donors (Lipinski definition) is 0. The summed E-state index contributed by atoms with van der Waals surface area (Å²) in [5, 5.41) is 4.12. The normalized spacial score (nSPS) is 23.6. The molecule has 0 radical (unpaired) electrons. The first-order chi connectivity index (χ1) is 14.5. The number of benzene rings is 1. The lowest BCUT2D eigenvalue weighted by Gasteiger charge is -2.38. The zero-order valence-electron chi connectivity index (χ0n) is 18.1. The number of amides is 1. The second kappa shape index (κ2) is 9.24. The molecule has 2 aliphatic heterocycles. The standard InChI is InChI=1S/C22H31N5O3/c1-16-4-6-19(7-5-16)22-23-20(30-24-22)14-25-8-10-26(11-9-25)15-21(28)27-12-17(2)29-18(3)13-27/h4-7,17-18H,8-15H2,1-3H3. The molecule has 0 saturated carbocycles. The zero-order chi connectivity index (χ0) is 21.1. The van der Waals surface area contributed by atoms with Gasteiger partial charge in [0.1, 0.15) is 0 Å². The van der Waals surface area contributed by atoms with Gasteiger partial charge in [-0.25, -0.2) is 0 Å². The van der Waals surface area contributed by atoms with E-state index in [4.69, 9.17) is 9.26 Å². The van der Waals surface area contributed by atoms with Crippen molar-refractivity contribution in [3.8, 4) is 11.4 Å². The smallest absolute Gasteiger partial charge is 0.241 e.